The van der Waals surface area contributed by atoms with E-state index in [1.54, 1.807) is 6.07 Å². The van der Waals surface area contributed by atoms with Crippen molar-refractivity contribution in [2.24, 2.45) is 0 Å². The number of aromatic hydroxyl groups is 2. The number of ether oxygens (including phenoxy) is 3. The van der Waals surface area contributed by atoms with Crippen molar-refractivity contribution < 1.29 is 24.4 Å². The Morgan fingerprint density at radius 3 is 2.53 bits per heavy atom. The van der Waals surface area contributed by atoms with E-state index < -0.39 is 5.60 Å². The summed E-state index contributed by atoms with van der Waals surface area (Å²) in [6.07, 6.45) is 0.198. The number of hydrogen-bond donors (Lipinski definition) is 2. The smallest absolute Gasteiger partial charge is 0.147 e. The molecule has 0 radical (unpaired) electrons. The van der Waals surface area contributed by atoms with Gasteiger partial charge in [0.2, 0.25) is 0 Å². The number of hydrogen-bond acceptors (Lipinski definition) is 5. The standard InChI is InChI=1S/C12H14O5/c13-9-2-1-3-10(14)11(9)12(7-17-12)6-15-4-8-5-16-8/h1-3,8,13-14H,4-7H2. The summed E-state index contributed by atoms with van der Waals surface area (Å²) in [5.74, 6) is 0.0718. The van der Waals surface area contributed by atoms with E-state index in [0.29, 0.717) is 25.4 Å². The van der Waals surface area contributed by atoms with Gasteiger partial charge in [0.05, 0.1) is 32.0 Å². The minimum Gasteiger partial charge on any atom is -0.507 e. The number of benzene rings is 1. The second-order valence-electron chi connectivity index (χ2n) is 4.42. The average Bonchev–Trinajstić information content (AvgIpc) is 3.14. The zero-order valence-electron chi connectivity index (χ0n) is 9.26. The van der Waals surface area contributed by atoms with Crippen molar-refractivity contribution in [3.8, 4) is 11.5 Å². The van der Waals surface area contributed by atoms with E-state index in [9.17, 15) is 10.2 Å². The molecule has 0 bridgehead atoms. The first kappa shape index (κ1) is 10.8. The Balaban J connectivity index is 1.72. The van der Waals surface area contributed by atoms with Gasteiger partial charge in [0, 0.05) is 0 Å². The van der Waals surface area contributed by atoms with E-state index in [-0.39, 0.29) is 17.6 Å². The molecule has 5 nitrogen and oxygen atoms in total. The summed E-state index contributed by atoms with van der Waals surface area (Å²) in [6.45, 7) is 2.04. The van der Waals surface area contributed by atoms with Gasteiger partial charge in [-0.05, 0) is 12.1 Å². The molecule has 17 heavy (non-hydrogen) atoms. The van der Waals surface area contributed by atoms with Crippen LogP contribution in [0.15, 0.2) is 18.2 Å². The number of phenols is 2. The fraction of sp³-hybridized carbons (Fsp3) is 0.500. The molecule has 0 saturated carbocycles. The molecule has 2 fully saturated rings. The van der Waals surface area contributed by atoms with E-state index in [2.05, 4.69) is 0 Å². The van der Waals surface area contributed by atoms with Crippen molar-refractivity contribution in [2.75, 3.05) is 26.4 Å². The van der Waals surface area contributed by atoms with Crippen LogP contribution in [-0.4, -0.2) is 42.7 Å². The maximum Gasteiger partial charge on any atom is 0.147 e. The number of phenolic OH excluding ortho intramolecular Hbond substituents is 2. The van der Waals surface area contributed by atoms with Crippen LogP contribution in [0.2, 0.25) is 0 Å². The van der Waals surface area contributed by atoms with Gasteiger partial charge >= 0.3 is 0 Å². The largest absolute Gasteiger partial charge is 0.507 e. The highest BCUT2D eigenvalue weighted by Crippen LogP contribution is 2.47. The predicted molar refractivity (Wildman–Crippen MR) is 58.0 cm³/mol. The molecule has 0 spiro atoms. The van der Waals surface area contributed by atoms with Crippen molar-refractivity contribution in [3.05, 3.63) is 23.8 Å². The van der Waals surface area contributed by atoms with E-state index in [1.807, 2.05) is 0 Å². The van der Waals surface area contributed by atoms with Gasteiger partial charge in [-0.3, -0.25) is 0 Å². The third-order valence-corrected chi connectivity index (χ3v) is 3.01. The summed E-state index contributed by atoms with van der Waals surface area (Å²) in [7, 11) is 0. The third kappa shape index (κ3) is 2.09. The summed E-state index contributed by atoms with van der Waals surface area (Å²) in [6, 6.07) is 4.65. The lowest BCUT2D eigenvalue weighted by Crippen LogP contribution is -2.19. The first-order chi connectivity index (χ1) is 8.21. The molecule has 1 aromatic rings. The molecule has 2 atom stereocenters. The number of epoxide rings is 2. The Labute approximate surface area is 98.5 Å². The summed E-state index contributed by atoms with van der Waals surface area (Å²) in [4.78, 5) is 0. The number of rotatable bonds is 5. The zero-order chi connectivity index (χ0) is 11.9. The maximum atomic E-state index is 9.77. The topological polar surface area (TPSA) is 74.8 Å². The highest BCUT2D eigenvalue weighted by molar-refractivity contribution is 5.49. The Morgan fingerprint density at radius 2 is 2.00 bits per heavy atom. The van der Waals surface area contributed by atoms with E-state index in [1.165, 1.54) is 12.1 Å². The van der Waals surface area contributed by atoms with Crippen LogP contribution in [0.4, 0.5) is 0 Å². The van der Waals surface area contributed by atoms with Crippen molar-refractivity contribution in [2.45, 2.75) is 11.7 Å². The Morgan fingerprint density at radius 1 is 1.35 bits per heavy atom. The molecular formula is C12H14O5. The van der Waals surface area contributed by atoms with E-state index >= 15 is 0 Å². The highest BCUT2D eigenvalue weighted by Gasteiger charge is 2.50. The van der Waals surface area contributed by atoms with E-state index in [4.69, 9.17) is 14.2 Å². The summed E-state index contributed by atoms with van der Waals surface area (Å²) >= 11 is 0. The molecule has 2 unspecified atom stereocenters. The highest BCUT2D eigenvalue weighted by atomic mass is 16.6. The van der Waals surface area contributed by atoms with E-state index in [0.717, 1.165) is 6.61 Å². The lowest BCUT2D eigenvalue weighted by Gasteiger charge is -2.15. The molecule has 0 aliphatic carbocycles. The van der Waals surface area contributed by atoms with Gasteiger partial charge in [-0.1, -0.05) is 6.07 Å². The lowest BCUT2D eigenvalue weighted by molar-refractivity contribution is 0.0653. The van der Waals surface area contributed by atoms with Crippen molar-refractivity contribution in [3.63, 3.8) is 0 Å². The van der Waals surface area contributed by atoms with Crippen molar-refractivity contribution in [1.82, 2.24) is 0 Å². The Bertz CT molecular complexity index is 403. The Hall–Kier alpha value is -1.30. The molecule has 3 rings (SSSR count). The van der Waals surface area contributed by atoms with Crippen LogP contribution < -0.4 is 0 Å². The molecule has 2 N–H and O–H groups in total. The molecule has 2 saturated heterocycles. The SMILES string of the molecule is Oc1cccc(O)c1C1(COCC2CO2)CO1. The summed E-state index contributed by atoms with van der Waals surface area (Å²) in [5, 5.41) is 19.5. The predicted octanol–water partition coefficient (Wildman–Crippen LogP) is 0.739. The zero-order valence-corrected chi connectivity index (χ0v) is 9.26. The van der Waals surface area contributed by atoms with Crippen LogP contribution in [0.3, 0.4) is 0 Å². The first-order valence-electron chi connectivity index (χ1n) is 5.56. The van der Waals surface area contributed by atoms with Crippen LogP contribution in [0, 0.1) is 0 Å². The van der Waals surface area contributed by atoms with Gasteiger partial charge < -0.3 is 24.4 Å². The molecule has 92 valence electrons. The van der Waals surface area contributed by atoms with Gasteiger partial charge in [-0.25, -0.2) is 0 Å². The fourth-order valence-corrected chi connectivity index (χ4v) is 1.90. The van der Waals surface area contributed by atoms with Gasteiger partial charge in [-0.15, -0.1) is 0 Å². The van der Waals surface area contributed by atoms with Gasteiger partial charge in [0.15, 0.2) is 0 Å². The van der Waals surface area contributed by atoms with Crippen molar-refractivity contribution in [1.29, 1.82) is 0 Å². The van der Waals surface area contributed by atoms with Crippen LogP contribution >= 0.6 is 0 Å². The monoisotopic (exact) mass is 238 g/mol. The molecule has 0 aromatic heterocycles. The maximum absolute atomic E-state index is 9.77. The average molecular weight is 238 g/mol. The second-order valence-corrected chi connectivity index (χ2v) is 4.42. The normalized spacial score (nSPS) is 30.2. The van der Waals surface area contributed by atoms with Crippen LogP contribution in [0.1, 0.15) is 5.56 Å². The molecular weight excluding hydrogens is 224 g/mol. The summed E-state index contributed by atoms with van der Waals surface area (Å²) in [5.41, 5.74) is -0.277. The molecule has 1 aromatic carbocycles. The van der Waals surface area contributed by atoms with Crippen molar-refractivity contribution >= 4 is 0 Å². The molecule has 0 amide bonds. The fourth-order valence-electron chi connectivity index (χ4n) is 1.90. The minimum absolute atomic E-state index is 0.0359. The minimum atomic E-state index is -0.690. The first-order valence-corrected chi connectivity index (χ1v) is 5.56. The quantitative estimate of drug-likeness (QED) is 0.740. The summed E-state index contributed by atoms with van der Waals surface area (Å²) < 4.78 is 15.9. The molecule has 5 heteroatoms. The van der Waals surface area contributed by atoms with Crippen LogP contribution in [0.5, 0.6) is 11.5 Å². The van der Waals surface area contributed by atoms with Crippen LogP contribution in [0.25, 0.3) is 0 Å². The molecule has 2 heterocycles. The lowest BCUT2D eigenvalue weighted by atomic mass is 9.98. The van der Waals surface area contributed by atoms with Gasteiger partial charge in [0.25, 0.3) is 0 Å². The van der Waals surface area contributed by atoms with Gasteiger partial charge in [-0.2, -0.15) is 0 Å². The molecule has 2 aliphatic rings. The third-order valence-electron chi connectivity index (χ3n) is 3.01. The Kier molecular flexibility index (Phi) is 2.47. The molecule has 2 aliphatic heterocycles. The van der Waals surface area contributed by atoms with Crippen LogP contribution in [-0.2, 0) is 19.8 Å². The second kappa shape index (κ2) is 3.87. The van der Waals surface area contributed by atoms with Gasteiger partial charge in [0.1, 0.15) is 23.2 Å².